The molecule has 0 radical (unpaired) electrons. The van der Waals surface area contributed by atoms with Crippen LogP contribution < -0.4 is 0 Å². The van der Waals surface area contributed by atoms with Gasteiger partial charge in [-0.05, 0) is 28.4 Å². The highest BCUT2D eigenvalue weighted by atomic mass is 79.9. The molecule has 0 aliphatic rings. The molecule has 2 aromatic rings. The van der Waals surface area contributed by atoms with Gasteiger partial charge in [0.15, 0.2) is 10.6 Å². The zero-order valence-corrected chi connectivity index (χ0v) is 10.5. The third kappa shape index (κ3) is 2.61. The zero-order chi connectivity index (χ0) is 11.4. The van der Waals surface area contributed by atoms with E-state index in [9.17, 15) is 0 Å². The van der Waals surface area contributed by atoms with Crippen molar-refractivity contribution in [2.75, 3.05) is 0 Å². The second-order valence-corrected chi connectivity index (χ2v) is 4.07. The van der Waals surface area contributed by atoms with Gasteiger partial charge in [0.2, 0.25) is 0 Å². The molecule has 0 aromatic carbocycles. The van der Waals surface area contributed by atoms with Gasteiger partial charge in [0.25, 0.3) is 0 Å². The maximum atomic E-state index is 4.46. The van der Waals surface area contributed by atoms with Gasteiger partial charge in [-0.15, -0.1) is 0 Å². The Morgan fingerprint density at radius 2 is 1.94 bits per heavy atom. The first kappa shape index (κ1) is 11.1. The largest absolute Gasteiger partial charge is 0.236 e. The van der Waals surface area contributed by atoms with E-state index in [4.69, 9.17) is 0 Å². The first-order chi connectivity index (χ1) is 7.79. The molecule has 0 aliphatic carbocycles. The fourth-order valence-electron chi connectivity index (χ4n) is 1.36. The minimum Gasteiger partial charge on any atom is -0.236 e. The molecule has 0 amide bonds. The van der Waals surface area contributed by atoms with Gasteiger partial charge in [-0.2, -0.15) is 0 Å². The van der Waals surface area contributed by atoms with E-state index in [2.05, 4.69) is 42.8 Å². The topological polar surface area (TPSA) is 51.6 Å². The van der Waals surface area contributed by atoms with Gasteiger partial charge < -0.3 is 0 Å². The van der Waals surface area contributed by atoms with Crippen LogP contribution in [0, 0.1) is 0 Å². The molecule has 0 unspecified atom stereocenters. The van der Waals surface area contributed by atoms with Crippen LogP contribution in [0.5, 0.6) is 0 Å². The number of hydrogen-bond donors (Lipinski definition) is 0. The number of rotatable bonds is 3. The van der Waals surface area contributed by atoms with E-state index < -0.39 is 0 Å². The summed E-state index contributed by atoms with van der Waals surface area (Å²) in [6.45, 7) is 2.13. The quantitative estimate of drug-likeness (QED) is 0.810. The monoisotopic (exact) mass is 278 g/mol. The van der Waals surface area contributed by atoms with E-state index in [1.54, 1.807) is 18.6 Å². The van der Waals surface area contributed by atoms with Gasteiger partial charge in [0.1, 0.15) is 0 Å². The van der Waals surface area contributed by atoms with Crippen LogP contribution in [0.15, 0.2) is 29.4 Å². The Morgan fingerprint density at radius 1 is 1.19 bits per heavy atom. The fourth-order valence-corrected chi connectivity index (χ4v) is 1.56. The highest BCUT2D eigenvalue weighted by molar-refractivity contribution is 9.10. The number of hydrogen-bond acceptors (Lipinski definition) is 4. The average molecular weight is 279 g/mol. The molecular formula is C11H11BrN4. The third-order valence-corrected chi connectivity index (χ3v) is 2.51. The molecule has 2 rings (SSSR count). The molecule has 16 heavy (non-hydrogen) atoms. The van der Waals surface area contributed by atoms with Crippen LogP contribution in [0.3, 0.4) is 0 Å². The van der Waals surface area contributed by atoms with E-state index in [-0.39, 0.29) is 0 Å². The molecule has 2 heterocycles. The zero-order valence-electron chi connectivity index (χ0n) is 8.89. The summed E-state index contributed by atoms with van der Waals surface area (Å²) in [5.41, 5.74) is 1.89. The van der Waals surface area contributed by atoms with E-state index in [1.807, 2.05) is 6.07 Å². The predicted octanol–water partition coefficient (Wildman–Crippen LogP) is 2.65. The standard InChI is InChI=1S/C11H11BrN4/c1-2-3-9-4-5-13-10(16-9)8-6-14-11(12)15-7-8/h4-7H,2-3H2,1H3. The summed E-state index contributed by atoms with van der Waals surface area (Å²) < 4.78 is 0.570. The number of aromatic nitrogens is 4. The van der Waals surface area contributed by atoms with Crippen LogP contribution in [0.25, 0.3) is 11.4 Å². The maximum Gasteiger partial charge on any atom is 0.196 e. The molecule has 0 bridgehead atoms. The maximum absolute atomic E-state index is 4.46. The van der Waals surface area contributed by atoms with E-state index in [0.29, 0.717) is 10.6 Å². The smallest absolute Gasteiger partial charge is 0.196 e. The first-order valence-electron chi connectivity index (χ1n) is 5.09. The minimum absolute atomic E-state index is 0.570. The van der Waals surface area contributed by atoms with Gasteiger partial charge in [-0.3, -0.25) is 0 Å². The Balaban J connectivity index is 2.32. The molecule has 2 aromatic heterocycles. The van der Waals surface area contributed by atoms with Gasteiger partial charge >= 0.3 is 0 Å². The molecule has 5 heteroatoms. The Labute approximate surface area is 102 Å². The summed E-state index contributed by atoms with van der Waals surface area (Å²) in [4.78, 5) is 16.8. The van der Waals surface area contributed by atoms with Crippen LogP contribution in [0.1, 0.15) is 19.0 Å². The highest BCUT2D eigenvalue weighted by Gasteiger charge is 2.03. The van der Waals surface area contributed by atoms with Crippen LogP contribution in [0.4, 0.5) is 0 Å². The Morgan fingerprint density at radius 3 is 2.62 bits per heavy atom. The Bertz CT molecular complexity index is 470. The van der Waals surface area contributed by atoms with Crippen molar-refractivity contribution in [2.45, 2.75) is 19.8 Å². The van der Waals surface area contributed by atoms with Crippen molar-refractivity contribution in [3.63, 3.8) is 0 Å². The molecule has 82 valence electrons. The van der Waals surface area contributed by atoms with Crippen LogP contribution in [-0.4, -0.2) is 19.9 Å². The SMILES string of the molecule is CCCc1ccnc(-c2cnc(Br)nc2)n1. The van der Waals surface area contributed by atoms with E-state index in [1.165, 1.54) is 0 Å². The normalized spacial score (nSPS) is 10.4. The summed E-state index contributed by atoms with van der Waals surface area (Å²) in [6, 6.07) is 1.94. The summed E-state index contributed by atoms with van der Waals surface area (Å²) in [5.74, 6) is 0.679. The molecule has 0 atom stereocenters. The number of aryl methyl sites for hydroxylation is 1. The summed E-state index contributed by atoms with van der Waals surface area (Å²) in [7, 11) is 0. The average Bonchev–Trinajstić information content (AvgIpc) is 2.31. The molecule has 0 aliphatic heterocycles. The lowest BCUT2D eigenvalue weighted by atomic mass is 10.2. The van der Waals surface area contributed by atoms with Crippen molar-refractivity contribution in [3.05, 3.63) is 35.1 Å². The second kappa shape index (κ2) is 5.12. The number of nitrogens with zero attached hydrogens (tertiary/aromatic N) is 4. The van der Waals surface area contributed by atoms with Gasteiger partial charge in [-0.1, -0.05) is 13.3 Å². The Hall–Kier alpha value is -1.36. The summed E-state index contributed by atoms with van der Waals surface area (Å²) in [6.07, 6.45) is 7.24. The van der Waals surface area contributed by atoms with Crippen molar-refractivity contribution in [3.8, 4) is 11.4 Å². The molecule has 0 fully saturated rings. The van der Waals surface area contributed by atoms with Crippen molar-refractivity contribution in [1.29, 1.82) is 0 Å². The lowest BCUT2D eigenvalue weighted by molar-refractivity contribution is 0.874. The molecule has 0 spiro atoms. The third-order valence-electron chi connectivity index (χ3n) is 2.10. The molecule has 0 saturated heterocycles. The molecular weight excluding hydrogens is 268 g/mol. The predicted molar refractivity (Wildman–Crippen MR) is 64.8 cm³/mol. The van der Waals surface area contributed by atoms with Crippen LogP contribution in [0.2, 0.25) is 0 Å². The first-order valence-corrected chi connectivity index (χ1v) is 5.88. The molecule has 4 nitrogen and oxygen atoms in total. The molecule has 0 saturated carbocycles. The Kier molecular flexibility index (Phi) is 3.56. The van der Waals surface area contributed by atoms with E-state index >= 15 is 0 Å². The van der Waals surface area contributed by atoms with Crippen LogP contribution >= 0.6 is 15.9 Å². The van der Waals surface area contributed by atoms with Gasteiger partial charge in [0.05, 0.1) is 5.56 Å². The summed E-state index contributed by atoms with van der Waals surface area (Å²) in [5, 5.41) is 0. The highest BCUT2D eigenvalue weighted by Crippen LogP contribution is 2.14. The number of halogens is 1. The van der Waals surface area contributed by atoms with Gasteiger partial charge in [-0.25, -0.2) is 19.9 Å². The van der Waals surface area contributed by atoms with E-state index in [0.717, 1.165) is 24.1 Å². The van der Waals surface area contributed by atoms with Crippen molar-refractivity contribution >= 4 is 15.9 Å². The van der Waals surface area contributed by atoms with Crippen LogP contribution in [-0.2, 0) is 6.42 Å². The fraction of sp³-hybridized carbons (Fsp3) is 0.273. The van der Waals surface area contributed by atoms with Crippen molar-refractivity contribution in [1.82, 2.24) is 19.9 Å². The lowest BCUT2D eigenvalue weighted by Crippen LogP contribution is -1.95. The van der Waals surface area contributed by atoms with Crippen molar-refractivity contribution in [2.24, 2.45) is 0 Å². The van der Waals surface area contributed by atoms with Crippen molar-refractivity contribution < 1.29 is 0 Å². The van der Waals surface area contributed by atoms with Gasteiger partial charge in [0, 0.05) is 24.3 Å². The molecule has 0 N–H and O–H groups in total. The lowest BCUT2D eigenvalue weighted by Gasteiger charge is -2.01. The minimum atomic E-state index is 0.570. The summed E-state index contributed by atoms with van der Waals surface area (Å²) >= 11 is 3.19. The second-order valence-electron chi connectivity index (χ2n) is 3.36.